The number of nitrogens with zero attached hydrogens (tertiary/aromatic N) is 5. The van der Waals surface area contributed by atoms with Crippen LogP contribution in [0.5, 0.6) is 0 Å². The van der Waals surface area contributed by atoms with E-state index >= 15 is 0 Å². The summed E-state index contributed by atoms with van der Waals surface area (Å²) >= 11 is 3.27. The van der Waals surface area contributed by atoms with E-state index in [1.807, 2.05) is 0 Å². The van der Waals surface area contributed by atoms with Crippen LogP contribution in [0.25, 0.3) is 5.82 Å². The number of carbonyl (C=O) groups is 1. The maximum atomic E-state index is 12.1. The van der Waals surface area contributed by atoms with Crippen molar-refractivity contribution in [2.75, 3.05) is 5.32 Å². The highest BCUT2D eigenvalue weighted by molar-refractivity contribution is 9.10. The highest BCUT2D eigenvalue weighted by Gasteiger charge is 2.09. The fourth-order valence-electron chi connectivity index (χ4n) is 1.67. The molecule has 3 aromatic heterocycles. The molecule has 7 nitrogen and oxygen atoms in total. The second-order valence-electron chi connectivity index (χ2n) is 4.06. The van der Waals surface area contributed by atoms with Crippen molar-refractivity contribution in [3.63, 3.8) is 0 Å². The van der Waals surface area contributed by atoms with Gasteiger partial charge in [0.05, 0.1) is 5.56 Å². The molecule has 0 aliphatic carbocycles. The smallest absolute Gasteiger partial charge is 0.258 e. The van der Waals surface area contributed by atoms with Gasteiger partial charge in [-0.1, -0.05) is 0 Å². The monoisotopic (exact) mass is 344 g/mol. The Balaban J connectivity index is 1.82. The SMILES string of the molecule is O=C(Nc1cc(-n2cccn2)ncn1)c1cncc(Br)c1. The van der Waals surface area contributed by atoms with E-state index in [0.717, 1.165) is 4.47 Å². The third kappa shape index (κ3) is 3.11. The number of halogens is 1. The molecule has 0 saturated carbocycles. The van der Waals surface area contributed by atoms with Gasteiger partial charge in [0.25, 0.3) is 5.91 Å². The van der Waals surface area contributed by atoms with E-state index in [2.05, 4.69) is 41.3 Å². The van der Waals surface area contributed by atoms with Crippen LogP contribution in [-0.4, -0.2) is 30.6 Å². The Labute approximate surface area is 128 Å². The van der Waals surface area contributed by atoms with E-state index in [1.165, 1.54) is 12.5 Å². The first-order valence-corrected chi connectivity index (χ1v) is 6.75. The molecule has 0 unspecified atom stereocenters. The number of hydrogen-bond acceptors (Lipinski definition) is 5. The lowest BCUT2D eigenvalue weighted by Crippen LogP contribution is -2.14. The zero-order chi connectivity index (χ0) is 14.7. The maximum absolute atomic E-state index is 12.1. The van der Waals surface area contributed by atoms with Crippen molar-refractivity contribution in [3.8, 4) is 5.82 Å². The fraction of sp³-hybridized carbons (Fsp3) is 0. The Morgan fingerprint density at radius 3 is 2.90 bits per heavy atom. The summed E-state index contributed by atoms with van der Waals surface area (Å²) in [5.74, 6) is 0.659. The van der Waals surface area contributed by atoms with Crippen LogP contribution < -0.4 is 5.32 Å². The van der Waals surface area contributed by atoms with Crippen molar-refractivity contribution >= 4 is 27.7 Å². The van der Waals surface area contributed by atoms with Gasteiger partial charge in [-0.2, -0.15) is 5.10 Å². The van der Waals surface area contributed by atoms with Crippen LogP contribution in [0.2, 0.25) is 0 Å². The number of anilines is 1. The lowest BCUT2D eigenvalue weighted by molar-refractivity contribution is 0.102. The molecule has 8 heteroatoms. The van der Waals surface area contributed by atoms with Gasteiger partial charge in [0.15, 0.2) is 5.82 Å². The highest BCUT2D eigenvalue weighted by Crippen LogP contribution is 2.12. The molecule has 0 spiro atoms. The summed E-state index contributed by atoms with van der Waals surface area (Å²) in [5.41, 5.74) is 0.434. The van der Waals surface area contributed by atoms with Gasteiger partial charge in [-0.25, -0.2) is 14.6 Å². The van der Waals surface area contributed by atoms with Gasteiger partial charge in [-0.15, -0.1) is 0 Å². The predicted octanol–water partition coefficient (Wildman–Crippen LogP) is 2.07. The molecule has 1 amide bonds. The van der Waals surface area contributed by atoms with Gasteiger partial charge in [0, 0.05) is 35.3 Å². The molecule has 1 N–H and O–H groups in total. The van der Waals surface area contributed by atoms with Crippen molar-refractivity contribution in [2.45, 2.75) is 0 Å². The van der Waals surface area contributed by atoms with Crippen LogP contribution >= 0.6 is 15.9 Å². The van der Waals surface area contributed by atoms with Crippen molar-refractivity contribution in [3.05, 3.63) is 59.3 Å². The molecule has 3 heterocycles. The van der Waals surface area contributed by atoms with Crippen LogP contribution in [0.15, 0.2) is 53.8 Å². The third-order valence-electron chi connectivity index (χ3n) is 2.60. The Hall–Kier alpha value is -2.61. The second kappa shape index (κ2) is 5.80. The maximum Gasteiger partial charge on any atom is 0.258 e. The van der Waals surface area contributed by atoms with Gasteiger partial charge in [-0.3, -0.25) is 9.78 Å². The summed E-state index contributed by atoms with van der Waals surface area (Å²) in [6.45, 7) is 0. The fourth-order valence-corrected chi connectivity index (χ4v) is 2.03. The summed E-state index contributed by atoms with van der Waals surface area (Å²) in [6, 6.07) is 5.10. The largest absolute Gasteiger partial charge is 0.306 e. The third-order valence-corrected chi connectivity index (χ3v) is 3.03. The quantitative estimate of drug-likeness (QED) is 0.785. The van der Waals surface area contributed by atoms with Crippen LogP contribution in [-0.2, 0) is 0 Å². The van der Waals surface area contributed by atoms with Crippen LogP contribution in [0.4, 0.5) is 5.82 Å². The highest BCUT2D eigenvalue weighted by atomic mass is 79.9. The second-order valence-corrected chi connectivity index (χ2v) is 4.97. The summed E-state index contributed by atoms with van der Waals surface area (Å²) < 4.78 is 2.31. The van der Waals surface area contributed by atoms with E-state index in [4.69, 9.17) is 0 Å². The van der Waals surface area contributed by atoms with Crippen molar-refractivity contribution in [1.82, 2.24) is 24.7 Å². The van der Waals surface area contributed by atoms with E-state index < -0.39 is 0 Å². The summed E-state index contributed by atoms with van der Waals surface area (Å²) in [5, 5.41) is 6.77. The Morgan fingerprint density at radius 2 is 2.14 bits per heavy atom. The first kappa shape index (κ1) is 13.4. The molecule has 0 aliphatic heterocycles. The van der Waals surface area contributed by atoms with Gasteiger partial charge in [0.2, 0.25) is 0 Å². The summed E-state index contributed by atoms with van der Waals surface area (Å²) in [4.78, 5) is 24.2. The summed E-state index contributed by atoms with van der Waals surface area (Å²) in [7, 11) is 0. The molecule has 0 saturated heterocycles. The number of rotatable bonds is 3. The molecular weight excluding hydrogens is 336 g/mol. The predicted molar refractivity (Wildman–Crippen MR) is 79.0 cm³/mol. The van der Waals surface area contributed by atoms with Crippen LogP contribution in [0, 0.1) is 0 Å². The van der Waals surface area contributed by atoms with Gasteiger partial charge in [-0.05, 0) is 28.1 Å². The Bertz CT molecular complexity index is 774. The minimum Gasteiger partial charge on any atom is -0.306 e. The normalized spacial score (nSPS) is 10.3. The number of amides is 1. The van der Waals surface area contributed by atoms with Gasteiger partial charge in [0.1, 0.15) is 12.1 Å². The zero-order valence-corrected chi connectivity index (χ0v) is 12.2. The molecule has 21 heavy (non-hydrogen) atoms. The van der Waals surface area contributed by atoms with Gasteiger partial charge < -0.3 is 5.32 Å². The molecule has 3 rings (SSSR count). The molecule has 0 atom stereocenters. The molecule has 0 radical (unpaired) electrons. The minimum atomic E-state index is -0.297. The number of pyridine rings is 1. The van der Waals surface area contributed by atoms with Gasteiger partial charge >= 0.3 is 0 Å². The zero-order valence-electron chi connectivity index (χ0n) is 10.6. The average molecular weight is 345 g/mol. The van der Waals surface area contributed by atoms with E-state index in [1.54, 1.807) is 41.5 Å². The van der Waals surface area contributed by atoms with Crippen molar-refractivity contribution in [2.24, 2.45) is 0 Å². The minimum absolute atomic E-state index is 0.297. The van der Waals surface area contributed by atoms with Crippen molar-refractivity contribution in [1.29, 1.82) is 0 Å². The van der Waals surface area contributed by atoms with Crippen LogP contribution in [0.3, 0.4) is 0 Å². The topological polar surface area (TPSA) is 85.6 Å². The molecule has 3 aromatic rings. The lowest BCUT2D eigenvalue weighted by Gasteiger charge is -2.06. The number of aromatic nitrogens is 5. The Morgan fingerprint density at radius 1 is 1.24 bits per heavy atom. The molecule has 104 valence electrons. The molecular formula is C13H9BrN6O. The first-order chi connectivity index (χ1) is 10.2. The summed E-state index contributed by atoms with van der Waals surface area (Å²) in [6.07, 6.45) is 7.86. The molecule has 0 fully saturated rings. The van der Waals surface area contributed by atoms with Crippen molar-refractivity contribution < 1.29 is 4.79 Å². The molecule has 0 bridgehead atoms. The Kier molecular flexibility index (Phi) is 3.69. The number of hydrogen-bond donors (Lipinski definition) is 1. The average Bonchev–Trinajstić information content (AvgIpc) is 3.02. The number of carbonyl (C=O) groups excluding carboxylic acids is 1. The van der Waals surface area contributed by atoms with Crippen LogP contribution in [0.1, 0.15) is 10.4 Å². The molecule has 0 aromatic carbocycles. The lowest BCUT2D eigenvalue weighted by atomic mass is 10.3. The standard InChI is InChI=1S/C13H9BrN6O/c14-10-4-9(6-15-7-10)13(21)19-11-5-12(17-8-16-11)20-3-1-2-18-20/h1-8H,(H,16,17,19,21). The number of nitrogens with one attached hydrogen (secondary N) is 1. The molecule has 0 aliphatic rings. The van der Waals surface area contributed by atoms with E-state index in [0.29, 0.717) is 17.2 Å². The van der Waals surface area contributed by atoms with E-state index in [-0.39, 0.29) is 5.91 Å². The van der Waals surface area contributed by atoms with E-state index in [9.17, 15) is 4.79 Å². The first-order valence-electron chi connectivity index (χ1n) is 5.96.